The van der Waals surface area contributed by atoms with E-state index in [0.29, 0.717) is 6.42 Å². The van der Waals surface area contributed by atoms with Crippen molar-refractivity contribution in [2.45, 2.75) is 11.3 Å². The molecule has 0 fully saturated rings. The number of benzene rings is 2. The van der Waals surface area contributed by atoms with Crippen molar-refractivity contribution in [2.75, 3.05) is 18.7 Å². The van der Waals surface area contributed by atoms with Gasteiger partial charge in [0.1, 0.15) is 5.75 Å². The van der Waals surface area contributed by atoms with Gasteiger partial charge in [-0.25, -0.2) is 0 Å². The summed E-state index contributed by atoms with van der Waals surface area (Å²) >= 11 is 1.61. The van der Waals surface area contributed by atoms with Crippen LogP contribution in [0, 0.1) is 0 Å². The van der Waals surface area contributed by atoms with E-state index < -0.39 is 0 Å². The van der Waals surface area contributed by atoms with Gasteiger partial charge in [-0.2, -0.15) is 0 Å². The monoisotopic (exact) mass is 287 g/mol. The summed E-state index contributed by atoms with van der Waals surface area (Å²) in [5.74, 6) is 0.691. The largest absolute Gasteiger partial charge is 0.496 e. The van der Waals surface area contributed by atoms with Gasteiger partial charge in [-0.15, -0.1) is 11.8 Å². The summed E-state index contributed by atoms with van der Waals surface area (Å²) < 4.78 is 5.26. The maximum atomic E-state index is 12.1. The number of hydrogen-bond donors (Lipinski definition) is 1. The fraction of sp³-hybridized carbons (Fsp3) is 0.188. The number of carbonyl (C=O) groups excluding carboxylic acids is 1. The van der Waals surface area contributed by atoms with Gasteiger partial charge in [0.15, 0.2) is 0 Å². The number of nitrogens with one attached hydrogen (secondary N) is 1. The lowest BCUT2D eigenvalue weighted by atomic mass is 10.1. The molecule has 3 nitrogen and oxygen atoms in total. The SMILES string of the molecule is COc1ccccc1CC(=O)Nc1ccccc1SC. The van der Waals surface area contributed by atoms with Gasteiger partial charge in [0, 0.05) is 10.5 Å². The first-order chi connectivity index (χ1) is 9.74. The maximum absolute atomic E-state index is 12.1. The number of para-hydroxylation sites is 2. The molecule has 2 aromatic carbocycles. The van der Waals surface area contributed by atoms with Crippen LogP contribution in [0.5, 0.6) is 5.75 Å². The molecule has 0 saturated heterocycles. The van der Waals surface area contributed by atoms with E-state index in [1.807, 2.05) is 54.8 Å². The zero-order valence-corrected chi connectivity index (χ0v) is 12.4. The van der Waals surface area contributed by atoms with Crippen LogP contribution in [0.25, 0.3) is 0 Å². The second-order valence-electron chi connectivity index (χ2n) is 4.24. The van der Waals surface area contributed by atoms with Gasteiger partial charge in [-0.05, 0) is 24.5 Å². The van der Waals surface area contributed by atoms with Crippen LogP contribution < -0.4 is 10.1 Å². The highest BCUT2D eigenvalue weighted by atomic mass is 32.2. The van der Waals surface area contributed by atoms with Crippen LogP contribution in [0.1, 0.15) is 5.56 Å². The molecule has 0 aliphatic rings. The van der Waals surface area contributed by atoms with Crippen molar-refractivity contribution >= 4 is 23.4 Å². The molecule has 0 unspecified atom stereocenters. The number of ether oxygens (including phenoxy) is 1. The average molecular weight is 287 g/mol. The predicted molar refractivity (Wildman–Crippen MR) is 83.6 cm³/mol. The number of carbonyl (C=O) groups is 1. The Bertz CT molecular complexity index is 547. The summed E-state index contributed by atoms with van der Waals surface area (Å²) in [6.07, 6.45) is 2.29. The molecular formula is C16H17NO2S. The van der Waals surface area contributed by atoms with Gasteiger partial charge in [0.05, 0.1) is 19.2 Å². The molecule has 4 heteroatoms. The van der Waals surface area contributed by atoms with Crippen LogP contribution in [0.3, 0.4) is 0 Å². The minimum Gasteiger partial charge on any atom is -0.496 e. The van der Waals surface area contributed by atoms with Crippen LogP contribution in [-0.4, -0.2) is 19.3 Å². The first-order valence-corrected chi connectivity index (χ1v) is 7.52. The zero-order chi connectivity index (χ0) is 14.4. The van der Waals surface area contributed by atoms with E-state index in [1.54, 1.807) is 18.9 Å². The third-order valence-corrected chi connectivity index (χ3v) is 3.72. The third kappa shape index (κ3) is 3.54. The van der Waals surface area contributed by atoms with Gasteiger partial charge in [0.2, 0.25) is 5.91 Å². The quantitative estimate of drug-likeness (QED) is 0.854. The molecule has 2 aromatic rings. The Morgan fingerprint density at radius 1 is 1.15 bits per heavy atom. The minimum atomic E-state index is -0.0454. The summed E-state index contributed by atoms with van der Waals surface area (Å²) in [5.41, 5.74) is 1.73. The van der Waals surface area contributed by atoms with Crippen molar-refractivity contribution in [3.63, 3.8) is 0 Å². The van der Waals surface area contributed by atoms with E-state index in [9.17, 15) is 4.79 Å². The molecule has 1 N–H and O–H groups in total. The van der Waals surface area contributed by atoms with E-state index in [-0.39, 0.29) is 5.91 Å². The molecule has 0 saturated carbocycles. The van der Waals surface area contributed by atoms with Crippen molar-refractivity contribution in [2.24, 2.45) is 0 Å². The smallest absolute Gasteiger partial charge is 0.228 e. The second kappa shape index (κ2) is 7.01. The van der Waals surface area contributed by atoms with Gasteiger partial charge in [0.25, 0.3) is 0 Å². The normalized spacial score (nSPS) is 10.1. The van der Waals surface area contributed by atoms with E-state index in [0.717, 1.165) is 21.9 Å². The maximum Gasteiger partial charge on any atom is 0.228 e. The highest BCUT2D eigenvalue weighted by Crippen LogP contribution is 2.25. The van der Waals surface area contributed by atoms with E-state index >= 15 is 0 Å². The lowest BCUT2D eigenvalue weighted by molar-refractivity contribution is -0.115. The Morgan fingerprint density at radius 3 is 2.60 bits per heavy atom. The van der Waals surface area contributed by atoms with Crippen LogP contribution >= 0.6 is 11.8 Å². The zero-order valence-electron chi connectivity index (χ0n) is 11.6. The molecule has 1 amide bonds. The van der Waals surface area contributed by atoms with Gasteiger partial charge >= 0.3 is 0 Å². The number of thioether (sulfide) groups is 1. The lowest BCUT2D eigenvalue weighted by Gasteiger charge is -2.11. The van der Waals surface area contributed by atoms with Gasteiger partial charge < -0.3 is 10.1 Å². The molecule has 20 heavy (non-hydrogen) atoms. The molecule has 0 aliphatic carbocycles. The summed E-state index contributed by atoms with van der Waals surface area (Å²) in [4.78, 5) is 13.2. The lowest BCUT2D eigenvalue weighted by Crippen LogP contribution is -2.15. The van der Waals surface area contributed by atoms with Gasteiger partial charge in [-0.1, -0.05) is 30.3 Å². The molecule has 0 heterocycles. The number of methoxy groups -OCH3 is 1. The van der Waals surface area contributed by atoms with Crippen LogP contribution in [-0.2, 0) is 11.2 Å². The van der Waals surface area contributed by atoms with Crippen molar-refractivity contribution in [3.8, 4) is 5.75 Å². The van der Waals surface area contributed by atoms with Crippen molar-refractivity contribution in [3.05, 3.63) is 54.1 Å². The highest BCUT2D eigenvalue weighted by molar-refractivity contribution is 7.98. The summed E-state index contributed by atoms with van der Waals surface area (Å²) in [6.45, 7) is 0. The van der Waals surface area contributed by atoms with Crippen molar-refractivity contribution in [1.82, 2.24) is 0 Å². The molecule has 0 radical (unpaired) electrons. The van der Waals surface area contributed by atoms with E-state index in [4.69, 9.17) is 4.74 Å². The fourth-order valence-electron chi connectivity index (χ4n) is 1.96. The number of rotatable bonds is 5. The summed E-state index contributed by atoms with van der Waals surface area (Å²) in [7, 11) is 1.61. The Labute approximate surface area is 123 Å². The highest BCUT2D eigenvalue weighted by Gasteiger charge is 2.10. The average Bonchev–Trinajstić information content (AvgIpc) is 2.48. The van der Waals surface area contributed by atoms with Crippen LogP contribution in [0.4, 0.5) is 5.69 Å². The minimum absolute atomic E-state index is 0.0454. The standard InChI is InChI=1S/C16H17NO2S/c1-19-14-9-5-3-7-12(14)11-16(18)17-13-8-4-6-10-15(13)20-2/h3-10H,11H2,1-2H3,(H,17,18). The first kappa shape index (κ1) is 14.5. The number of amides is 1. The third-order valence-electron chi connectivity index (χ3n) is 2.92. The van der Waals surface area contributed by atoms with E-state index in [2.05, 4.69) is 5.32 Å². The molecule has 0 aliphatic heterocycles. The topological polar surface area (TPSA) is 38.3 Å². The molecule has 2 rings (SSSR count). The first-order valence-electron chi connectivity index (χ1n) is 6.29. The molecule has 0 bridgehead atoms. The molecule has 0 spiro atoms. The number of hydrogen-bond acceptors (Lipinski definition) is 3. The second-order valence-corrected chi connectivity index (χ2v) is 5.09. The summed E-state index contributed by atoms with van der Waals surface area (Å²) in [6, 6.07) is 15.3. The van der Waals surface area contributed by atoms with E-state index in [1.165, 1.54) is 0 Å². The summed E-state index contributed by atoms with van der Waals surface area (Å²) in [5, 5.41) is 2.95. The molecule has 0 atom stereocenters. The van der Waals surface area contributed by atoms with Crippen molar-refractivity contribution in [1.29, 1.82) is 0 Å². The predicted octanol–water partition coefficient (Wildman–Crippen LogP) is 3.60. The Morgan fingerprint density at radius 2 is 1.85 bits per heavy atom. The molecule has 104 valence electrons. The van der Waals surface area contributed by atoms with Crippen molar-refractivity contribution < 1.29 is 9.53 Å². The Kier molecular flexibility index (Phi) is 5.07. The molecule has 0 aromatic heterocycles. The Balaban J connectivity index is 2.09. The van der Waals surface area contributed by atoms with Crippen LogP contribution in [0.15, 0.2) is 53.4 Å². The van der Waals surface area contributed by atoms with Crippen LogP contribution in [0.2, 0.25) is 0 Å². The van der Waals surface area contributed by atoms with Gasteiger partial charge in [-0.3, -0.25) is 4.79 Å². The fourth-order valence-corrected chi connectivity index (χ4v) is 2.52. The Hall–Kier alpha value is -1.94. The number of anilines is 1. The molecular weight excluding hydrogens is 270 g/mol.